The topological polar surface area (TPSA) is 84.9 Å². The number of hydrogen-bond acceptors (Lipinski definition) is 4. The normalized spacial score (nSPS) is 13.3. The van der Waals surface area contributed by atoms with Crippen molar-refractivity contribution in [3.8, 4) is 5.75 Å². The molecule has 0 fully saturated rings. The first kappa shape index (κ1) is 23.2. The molecular weight excluding hydrogens is 362 g/mol. The lowest BCUT2D eigenvalue weighted by atomic mass is 9.79. The minimum Gasteiger partial charge on any atom is -0.552 e. The van der Waals surface area contributed by atoms with Crippen molar-refractivity contribution in [1.82, 2.24) is 5.32 Å². The third kappa shape index (κ3) is 6.07. The Bertz CT molecular complexity index is 717. The molecule has 0 aliphatic heterocycles. The van der Waals surface area contributed by atoms with E-state index in [9.17, 15) is 9.59 Å². The van der Waals surface area contributed by atoms with Crippen LogP contribution in [0.2, 0.25) is 0 Å². The fourth-order valence-corrected chi connectivity index (χ4v) is 3.94. The van der Waals surface area contributed by atoms with Gasteiger partial charge in [-0.25, -0.2) is 4.79 Å². The molecule has 0 radical (unpaired) electrons. The van der Waals surface area contributed by atoms with Crippen molar-refractivity contribution in [3.63, 3.8) is 0 Å². The average molecular weight is 396 g/mol. The van der Waals surface area contributed by atoms with Crippen LogP contribution in [-0.2, 0) is 10.2 Å². The van der Waals surface area contributed by atoms with Gasteiger partial charge in [-0.15, -0.1) is 0 Å². The van der Waals surface area contributed by atoms with Gasteiger partial charge in [0.25, 0.3) is 0 Å². The first-order chi connectivity index (χ1) is 12.2. The number of ether oxygens (including phenoxy) is 1. The van der Waals surface area contributed by atoms with Crippen LogP contribution in [-0.4, -0.2) is 45.7 Å². The van der Waals surface area contributed by atoms with Crippen LogP contribution < -0.4 is 9.74 Å². The van der Waals surface area contributed by atoms with Gasteiger partial charge in [0.1, 0.15) is 11.8 Å². The summed E-state index contributed by atoms with van der Waals surface area (Å²) >= 11 is 0. The number of amides is 1. The van der Waals surface area contributed by atoms with E-state index in [2.05, 4.69) is 26.1 Å². The summed E-state index contributed by atoms with van der Waals surface area (Å²) in [5, 5.41) is 11.4. The van der Waals surface area contributed by atoms with Crippen LogP contribution in [0.25, 0.3) is 0 Å². The molecule has 0 aliphatic rings. The predicted octanol–water partition coefficient (Wildman–Crippen LogP) is 2.89. The molecule has 27 heavy (non-hydrogen) atoms. The fourth-order valence-electron chi connectivity index (χ4n) is 3.42. The molecule has 1 aromatic rings. The number of Topliss-reactive ketones (excluding diaryl/α,β-unsaturated/α-hetero) is 1. The van der Waals surface area contributed by atoms with Crippen LogP contribution in [0.1, 0.15) is 68.6 Å². The van der Waals surface area contributed by atoms with E-state index in [1.165, 1.54) is 0 Å². The van der Waals surface area contributed by atoms with E-state index in [-0.39, 0.29) is 17.8 Å². The zero-order chi connectivity index (χ0) is 21.2. The van der Waals surface area contributed by atoms with E-state index in [4.69, 9.17) is 14.3 Å². The molecule has 2 N–H and O–H groups in total. The summed E-state index contributed by atoms with van der Waals surface area (Å²) in [5.74, 6) is 0.189. The molecule has 0 bridgehead atoms. The molecule has 1 atom stereocenters. The first-order valence-corrected chi connectivity index (χ1v) is 9.87. The van der Waals surface area contributed by atoms with Crippen molar-refractivity contribution >= 4 is 22.4 Å². The second-order valence-electron chi connectivity index (χ2n) is 8.81. The molecule has 0 heterocycles. The van der Waals surface area contributed by atoms with Crippen LogP contribution in [0.15, 0.2) is 6.07 Å². The van der Waals surface area contributed by atoms with Crippen LogP contribution in [0, 0.1) is 13.8 Å². The van der Waals surface area contributed by atoms with Gasteiger partial charge in [-0.3, -0.25) is 4.79 Å². The predicted molar refractivity (Wildman–Crippen MR) is 110 cm³/mol. The minimum absolute atomic E-state index is 0.0473. The van der Waals surface area contributed by atoms with Gasteiger partial charge in [-0.05, 0) is 62.8 Å². The van der Waals surface area contributed by atoms with E-state index in [1.807, 2.05) is 34.6 Å². The lowest BCUT2D eigenvalue weighted by molar-refractivity contribution is -0.0113. The van der Waals surface area contributed by atoms with Crippen LogP contribution in [0.4, 0.5) is 4.79 Å². The van der Waals surface area contributed by atoms with Gasteiger partial charge in [0.2, 0.25) is 10.5 Å². The molecule has 1 aromatic carbocycles. The number of ketones is 1. The largest absolute Gasteiger partial charge is 0.552 e. The number of nitrogens with one attached hydrogen (secondary N) is 1. The number of aryl methyl sites for hydroxylation is 1. The first-order valence-electron chi connectivity index (χ1n) is 9.05. The van der Waals surface area contributed by atoms with E-state index < -0.39 is 17.7 Å². The van der Waals surface area contributed by atoms with Gasteiger partial charge in [-0.1, -0.05) is 20.8 Å². The summed E-state index contributed by atoms with van der Waals surface area (Å²) in [7, 11) is 0.421. The lowest BCUT2D eigenvalue weighted by Gasteiger charge is -2.28. The van der Waals surface area contributed by atoms with Crippen molar-refractivity contribution in [1.29, 1.82) is 0 Å². The zero-order valence-corrected chi connectivity index (χ0v) is 19.9. The molecule has 0 unspecified atom stereocenters. The van der Waals surface area contributed by atoms with Crippen molar-refractivity contribution in [2.24, 2.45) is 0 Å². The second kappa shape index (κ2) is 8.44. The van der Waals surface area contributed by atoms with Crippen LogP contribution in [0.5, 0.6) is 5.75 Å². The number of rotatable bonds is 6. The zero-order valence-electron chi connectivity index (χ0n) is 17.9. The van der Waals surface area contributed by atoms with Gasteiger partial charge in [0.15, 0.2) is 5.78 Å². The number of hydrogen-bond donors (Lipinski definition) is 2. The Morgan fingerprint density at radius 3 is 2.15 bits per heavy atom. The summed E-state index contributed by atoms with van der Waals surface area (Å²) in [4.78, 5) is 24.4. The summed E-state index contributed by atoms with van der Waals surface area (Å²) in [6.45, 7) is 15.8. The SMILES string of the molecule is Cc1cc(C(=O)[C@H](COC(C)(C)C)NC(=O)O)c(O[SiH3])c(C)c1C(C)(C)C. The third-order valence-corrected chi connectivity index (χ3v) is 4.64. The quantitative estimate of drug-likeness (QED) is 0.571. The van der Waals surface area contributed by atoms with E-state index >= 15 is 0 Å². The molecule has 0 aromatic heterocycles. The summed E-state index contributed by atoms with van der Waals surface area (Å²) in [5.41, 5.74) is 2.85. The number of benzene rings is 1. The summed E-state index contributed by atoms with van der Waals surface area (Å²) in [6.07, 6.45) is -1.26. The molecule has 0 saturated heterocycles. The molecule has 6 nitrogen and oxygen atoms in total. The highest BCUT2D eigenvalue weighted by Crippen LogP contribution is 2.37. The Morgan fingerprint density at radius 1 is 1.19 bits per heavy atom. The van der Waals surface area contributed by atoms with Gasteiger partial charge in [-0.2, -0.15) is 0 Å². The minimum atomic E-state index is -1.26. The van der Waals surface area contributed by atoms with E-state index in [0.717, 1.165) is 16.7 Å². The second-order valence-corrected chi connectivity index (χ2v) is 9.22. The molecule has 0 spiro atoms. The Hall–Kier alpha value is -1.86. The Labute approximate surface area is 165 Å². The highest BCUT2D eigenvalue weighted by Gasteiger charge is 2.30. The molecule has 0 aliphatic carbocycles. The fraction of sp³-hybridized carbons (Fsp3) is 0.600. The lowest BCUT2D eigenvalue weighted by Crippen LogP contribution is -2.45. The van der Waals surface area contributed by atoms with Gasteiger partial charge in [0.05, 0.1) is 17.8 Å². The maximum atomic E-state index is 13.2. The smallest absolute Gasteiger partial charge is 0.405 e. The Balaban J connectivity index is 3.43. The molecule has 1 rings (SSSR count). The molecule has 7 heteroatoms. The maximum Gasteiger partial charge on any atom is 0.405 e. The number of carboxylic acid groups (broad SMARTS) is 1. The Morgan fingerprint density at radius 2 is 1.74 bits per heavy atom. The van der Waals surface area contributed by atoms with Crippen LogP contribution >= 0.6 is 0 Å². The maximum absolute atomic E-state index is 13.2. The summed E-state index contributed by atoms with van der Waals surface area (Å²) in [6, 6.07) is 0.799. The highest BCUT2D eigenvalue weighted by atomic mass is 28.2. The summed E-state index contributed by atoms with van der Waals surface area (Å²) < 4.78 is 11.4. The molecule has 1 amide bonds. The van der Waals surface area contributed by atoms with Crippen molar-refractivity contribution < 1.29 is 23.9 Å². The molecule has 152 valence electrons. The van der Waals surface area contributed by atoms with Gasteiger partial charge >= 0.3 is 6.09 Å². The standard InChI is InChI=1S/C20H33NO5Si/c1-11-9-13(17(26-27)12(2)15(11)19(3,4)5)16(22)14(21-18(23)24)10-25-20(6,7)8/h9,14,21H,10H2,1-8,27H3,(H,23,24)/t14-/m0/s1. The van der Waals surface area contributed by atoms with Crippen molar-refractivity contribution in [2.75, 3.05) is 6.61 Å². The monoisotopic (exact) mass is 395 g/mol. The van der Waals surface area contributed by atoms with Crippen molar-refractivity contribution in [2.45, 2.75) is 72.4 Å². The van der Waals surface area contributed by atoms with Gasteiger partial charge < -0.3 is 19.6 Å². The molecule has 0 saturated carbocycles. The third-order valence-electron chi connectivity index (χ3n) is 4.23. The van der Waals surface area contributed by atoms with Crippen LogP contribution in [0.3, 0.4) is 0 Å². The molecular formula is C20H33NO5Si. The van der Waals surface area contributed by atoms with Gasteiger partial charge in [0, 0.05) is 0 Å². The number of carbonyl (C=O) groups excluding carboxylic acids is 1. The Kier molecular flexibility index (Phi) is 7.24. The highest BCUT2D eigenvalue weighted by molar-refractivity contribution is 6.07. The van der Waals surface area contributed by atoms with E-state index in [1.54, 1.807) is 6.07 Å². The van der Waals surface area contributed by atoms with E-state index in [0.29, 0.717) is 21.8 Å². The number of carbonyl (C=O) groups is 2. The van der Waals surface area contributed by atoms with Crippen molar-refractivity contribution in [3.05, 3.63) is 28.3 Å². The average Bonchev–Trinajstić information content (AvgIpc) is 2.47.